The molecule has 0 radical (unpaired) electrons. The summed E-state index contributed by atoms with van der Waals surface area (Å²) in [5.41, 5.74) is 4.01. The number of hydrogen-bond donors (Lipinski definition) is 0. The Morgan fingerprint density at radius 2 is 1.82 bits per heavy atom. The number of carbonyl (C=O) groups is 1. The van der Waals surface area contributed by atoms with E-state index in [-0.39, 0.29) is 5.91 Å². The van der Waals surface area contributed by atoms with E-state index in [4.69, 9.17) is 4.74 Å². The topological polar surface area (TPSA) is 32.8 Å². The molecule has 4 heteroatoms. The van der Waals surface area contributed by atoms with Crippen molar-refractivity contribution in [2.75, 3.05) is 20.2 Å². The molecule has 0 saturated heterocycles. The molecule has 0 heterocycles. The molecular weight excluding hydrogens is 348 g/mol. The second-order valence-electron chi connectivity index (χ2n) is 7.98. The quantitative estimate of drug-likeness (QED) is 0.690. The third-order valence-corrected chi connectivity index (χ3v) is 5.92. The van der Waals surface area contributed by atoms with Gasteiger partial charge < -0.3 is 9.64 Å². The Hall–Kier alpha value is -2.33. The van der Waals surface area contributed by atoms with Crippen LogP contribution < -0.4 is 4.74 Å². The molecule has 4 nitrogen and oxygen atoms in total. The molecule has 0 aliphatic heterocycles. The largest absolute Gasteiger partial charge is 0.494 e. The summed E-state index contributed by atoms with van der Waals surface area (Å²) in [5, 5.41) is 0. The molecule has 148 valence electrons. The van der Waals surface area contributed by atoms with Crippen molar-refractivity contribution in [1.82, 2.24) is 9.80 Å². The highest BCUT2D eigenvalue weighted by molar-refractivity contribution is 5.78. The maximum Gasteiger partial charge on any atom is 0.236 e. The number of fused-ring (bicyclic) bond motifs is 1. The van der Waals surface area contributed by atoms with Gasteiger partial charge in [-0.05, 0) is 61.4 Å². The number of ether oxygens (including phenoxy) is 1. The molecule has 0 bridgehead atoms. The standard InChI is InChI=1S/C24H30N2O2/c1-3-28-21-13-8-18(9-14-21)16-25(2)24(27)17-26(20-11-12-20)23-15-10-19-6-4-5-7-22(19)23/h4-9,13-14,20,23H,3,10-12,15-17H2,1-2H3. The smallest absolute Gasteiger partial charge is 0.236 e. The Labute approximate surface area is 168 Å². The van der Waals surface area contributed by atoms with Crippen molar-refractivity contribution in [2.45, 2.75) is 51.2 Å². The fourth-order valence-electron chi connectivity index (χ4n) is 4.28. The zero-order valence-electron chi connectivity index (χ0n) is 16.9. The first-order valence-corrected chi connectivity index (χ1v) is 10.4. The summed E-state index contributed by atoms with van der Waals surface area (Å²) in [6.07, 6.45) is 4.69. The molecular formula is C24H30N2O2. The molecule has 1 atom stereocenters. The molecule has 2 aliphatic rings. The first kappa shape index (κ1) is 19.0. The van der Waals surface area contributed by atoms with Crippen molar-refractivity contribution in [3.05, 3.63) is 65.2 Å². The first-order chi connectivity index (χ1) is 13.7. The van der Waals surface area contributed by atoms with Gasteiger partial charge in [-0.15, -0.1) is 0 Å². The Kier molecular flexibility index (Phi) is 5.67. The Bertz CT molecular complexity index is 814. The van der Waals surface area contributed by atoms with E-state index in [0.717, 1.165) is 24.2 Å². The third-order valence-electron chi connectivity index (χ3n) is 5.92. The van der Waals surface area contributed by atoms with Gasteiger partial charge in [-0.2, -0.15) is 0 Å². The molecule has 1 unspecified atom stereocenters. The van der Waals surface area contributed by atoms with Crippen LogP contribution in [0.1, 0.15) is 48.9 Å². The molecule has 1 fully saturated rings. The van der Waals surface area contributed by atoms with Crippen molar-refractivity contribution in [1.29, 1.82) is 0 Å². The minimum atomic E-state index is 0.199. The summed E-state index contributed by atoms with van der Waals surface area (Å²) in [6, 6.07) is 17.7. The Balaban J connectivity index is 1.39. The lowest BCUT2D eigenvalue weighted by Gasteiger charge is -2.31. The highest BCUT2D eigenvalue weighted by atomic mass is 16.5. The zero-order valence-corrected chi connectivity index (χ0v) is 16.9. The van der Waals surface area contributed by atoms with Crippen LogP contribution in [0.4, 0.5) is 0 Å². The van der Waals surface area contributed by atoms with Gasteiger partial charge in [0.2, 0.25) is 5.91 Å². The maximum atomic E-state index is 13.0. The Morgan fingerprint density at radius 3 is 2.54 bits per heavy atom. The Morgan fingerprint density at radius 1 is 1.07 bits per heavy atom. The van der Waals surface area contributed by atoms with Crippen LogP contribution in [-0.2, 0) is 17.8 Å². The number of rotatable bonds is 8. The van der Waals surface area contributed by atoms with Gasteiger partial charge in [0.15, 0.2) is 0 Å². The number of benzene rings is 2. The van der Waals surface area contributed by atoms with Crippen molar-refractivity contribution in [3.8, 4) is 5.75 Å². The van der Waals surface area contributed by atoms with E-state index < -0.39 is 0 Å². The van der Waals surface area contributed by atoms with Crippen molar-refractivity contribution in [3.63, 3.8) is 0 Å². The molecule has 2 aromatic rings. The number of hydrogen-bond acceptors (Lipinski definition) is 3. The summed E-state index contributed by atoms with van der Waals surface area (Å²) in [5.74, 6) is 1.07. The predicted molar refractivity (Wildman–Crippen MR) is 111 cm³/mol. The maximum absolute atomic E-state index is 13.0. The minimum Gasteiger partial charge on any atom is -0.494 e. The fourth-order valence-corrected chi connectivity index (χ4v) is 4.28. The number of carbonyl (C=O) groups excluding carboxylic acids is 1. The van der Waals surface area contributed by atoms with Gasteiger partial charge in [-0.1, -0.05) is 36.4 Å². The van der Waals surface area contributed by atoms with E-state index in [2.05, 4.69) is 29.2 Å². The molecule has 28 heavy (non-hydrogen) atoms. The SMILES string of the molecule is CCOc1ccc(CN(C)C(=O)CN(C2CC2)C2CCc3ccccc32)cc1. The molecule has 0 N–H and O–H groups in total. The van der Waals surface area contributed by atoms with Crippen LogP contribution in [0.3, 0.4) is 0 Å². The average Bonchev–Trinajstić information content (AvgIpc) is 3.46. The molecule has 2 aromatic carbocycles. The van der Waals surface area contributed by atoms with Crippen molar-refractivity contribution >= 4 is 5.91 Å². The lowest BCUT2D eigenvalue weighted by molar-refractivity contribution is -0.132. The number of nitrogens with zero attached hydrogens (tertiary/aromatic N) is 2. The minimum absolute atomic E-state index is 0.199. The van der Waals surface area contributed by atoms with Gasteiger partial charge in [-0.25, -0.2) is 0 Å². The summed E-state index contributed by atoms with van der Waals surface area (Å²) in [4.78, 5) is 17.3. The van der Waals surface area contributed by atoms with E-state index in [1.165, 1.54) is 24.0 Å². The first-order valence-electron chi connectivity index (χ1n) is 10.4. The van der Waals surface area contributed by atoms with Crippen LogP contribution >= 0.6 is 0 Å². The lowest BCUT2D eigenvalue weighted by Crippen LogP contribution is -2.40. The van der Waals surface area contributed by atoms with Gasteiger partial charge in [0, 0.05) is 25.7 Å². The summed E-state index contributed by atoms with van der Waals surface area (Å²) in [6.45, 7) is 3.79. The van der Waals surface area contributed by atoms with Gasteiger partial charge >= 0.3 is 0 Å². The molecule has 1 saturated carbocycles. The number of likely N-dealkylation sites (N-methyl/N-ethyl adjacent to an activating group) is 1. The fraction of sp³-hybridized carbons (Fsp3) is 0.458. The predicted octanol–water partition coefficient (Wildman–Crippen LogP) is 4.20. The monoisotopic (exact) mass is 378 g/mol. The summed E-state index contributed by atoms with van der Waals surface area (Å²) >= 11 is 0. The van der Waals surface area contributed by atoms with E-state index in [1.807, 2.05) is 43.1 Å². The molecule has 2 aliphatic carbocycles. The van der Waals surface area contributed by atoms with Crippen LogP contribution in [0.5, 0.6) is 5.75 Å². The van der Waals surface area contributed by atoms with Crippen LogP contribution in [0, 0.1) is 0 Å². The highest BCUT2D eigenvalue weighted by Gasteiger charge is 2.38. The van der Waals surface area contributed by atoms with Crippen LogP contribution in [0.15, 0.2) is 48.5 Å². The van der Waals surface area contributed by atoms with E-state index >= 15 is 0 Å². The van der Waals surface area contributed by atoms with Crippen LogP contribution in [0.2, 0.25) is 0 Å². The number of aryl methyl sites for hydroxylation is 1. The molecule has 4 rings (SSSR count). The van der Waals surface area contributed by atoms with Crippen LogP contribution in [-0.4, -0.2) is 41.9 Å². The molecule has 0 spiro atoms. The van der Waals surface area contributed by atoms with E-state index in [1.54, 1.807) is 0 Å². The second kappa shape index (κ2) is 8.36. The van der Waals surface area contributed by atoms with Gasteiger partial charge in [0.1, 0.15) is 5.75 Å². The zero-order chi connectivity index (χ0) is 19.5. The number of amides is 1. The van der Waals surface area contributed by atoms with Gasteiger partial charge in [0.25, 0.3) is 0 Å². The van der Waals surface area contributed by atoms with E-state index in [0.29, 0.717) is 31.8 Å². The van der Waals surface area contributed by atoms with Gasteiger partial charge in [0.05, 0.1) is 13.2 Å². The normalized spacial score (nSPS) is 18.2. The van der Waals surface area contributed by atoms with E-state index in [9.17, 15) is 4.79 Å². The average molecular weight is 379 g/mol. The van der Waals surface area contributed by atoms with Crippen molar-refractivity contribution < 1.29 is 9.53 Å². The van der Waals surface area contributed by atoms with Crippen molar-refractivity contribution in [2.24, 2.45) is 0 Å². The van der Waals surface area contributed by atoms with Crippen LogP contribution in [0.25, 0.3) is 0 Å². The lowest BCUT2D eigenvalue weighted by atomic mass is 10.1. The molecule has 1 amide bonds. The highest BCUT2D eigenvalue weighted by Crippen LogP contribution is 2.41. The molecule has 0 aromatic heterocycles. The third kappa shape index (κ3) is 4.22. The van der Waals surface area contributed by atoms with Gasteiger partial charge in [-0.3, -0.25) is 9.69 Å². The summed E-state index contributed by atoms with van der Waals surface area (Å²) < 4.78 is 5.50. The summed E-state index contributed by atoms with van der Waals surface area (Å²) in [7, 11) is 1.91. The second-order valence-corrected chi connectivity index (χ2v) is 7.98.